The van der Waals surface area contributed by atoms with Crippen LogP contribution in [0.1, 0.15) is 36.6 Å². The highest BCUT2D eigenvalue weighted by molar-refractivity contribution is 7.10. The summed E-state index contributed by atoms with van der Waals surface area (Å²) in [5.74, 6) is 0.748. The zero-order valence-electron chi connectivity index (χ0n) is 20.3. The van der Waals surface area contributed by atoms with E-state index in [1.165, 1.54) is 28.1 Å². The summed E-state index contributed by atoms with van der Waals surface area (Å²) in [6.45, 7) is -0.526. The zero-order valence-corrected chi connectivity index (χ0v) is 21.1. The lowest BCUT2D eigenvalue weighted by Crippen LogP contribution is -2.47. The molecule has 1 aromatic carbocycles. The standard InChI is InChI=1S/C24H30N6O5S/c1-34-18-10-9-16(14-19(18)35-2)23-26-28-30(27-23)15-21(32)29(11-12-31)22(20-8-5-13-36-20)24(33)25-17-6-3-4-7-17/h5,8-10,13-14,17,22,31H,3-4,6-7,11-12,15H2,1-2H3,(H,25,33)/t22-/m0/s1. The van der Waals surface area contributed by atoms with Crippen LogP contribution in [0.4, 0.5) is 0 Å². The van der Waals surface area contributed by atoms with Crippen LogP contribution in [0.15, 0.2) is 35.7 Å². The largest absolute Gasteiger partial charge is 0.493 e. The lowest BCUT2D eigenvalue weighted by atomic mass is 10.1. The number of carbonyl (C=O) groups excluding carboxylic acids is 2. The Balaban J connectivity index is 1.53. The summed E-state index contributed by atoms with van der Waals surface area (Å²) in [4.78, 5) is 30.0. The van der Waals surface area contributed by atoms with E-state index in [0.29, 0.717) is 22.9 Å². The van der Waals surface area contributed by atoms with Gasteiger partial charge in [-0.2, -0.15) is 4.80 Å². The molecule has 2 N–H and O–H groups in total. The lowest BCUT2D eigenvalue weighted by molar-refractivity contribution is -0.142. The Morgan fingerprint density at radius 2 is 2.00 bits per heavy atom. The lowest BCUT2D eigenvalue weighted by Gasteiger charge is -2.30. The van der Waals surface area contributed by atoms with Gasteiger partial charge in [0.2, 0.25) is 17.6 Å². The topological polar surface area (TPSA) is 132 Å². The predicted molar refractivity (Wildman–Crippen MR) is 133 cm³/mol. The summed E-state index contributed by atoms with van der Waals surface area (Å²) >= 11 is 1.39. The van der Waals surface area contributed by atoms with Crippen LogP contribution in [0.25, 0.3) is 11.4 Å². The van der Waals surface area contributed by atoms with Gasteiger partial charge >= 0.3 is 0 Å². The van der Waals surface area contributed by atoms with Crippen molar-refractivity contribution in [3.63, 3.8) is 0 Å². The molecule has 0 bridgehead atoms. The van der Waals surface area contributed by atoms with Crippen molar-refractivity contribution in [2.75, 3.05) is 27.4 Å². The molecule has 2 aromatic heterocycles. The fourth-order valence-corrected chi connectivity index (χ4v) is 5.17. The molecule has 1 atom stereocenters. The van der Waals surface area contributed by atoms with Crippen molar-refractivity contribution in [2.24, 2.45) is 0 Å². The van der Waals surface area contributed by atoms with E-state index in [1.807, 2.05) is 17.5 Å². The number of thiophene rings is 1. The minimum atomic E-state index is -0.848. The highest BCUT2D eigenvalue weighted by atomic mass is 32.1. The molecule has 12 heteroatoms. The van der Waals surface area contributed by atoms with Crippen LogP contribution in [-0.2, 0) is 16.1 Å². The van der Waals surface area contributed by atoms with E-state index in [4.69, 9.17) is 9.47 Å². The number of aliphatic hydroxyl groups is 1. The van der Waals surface area contributed by atoms with Gasteiger partial charge in [0.25, 0.3) is 0 Å². The first kappa shape index (κ1) is 25.6. The van der Waals surface area contributed by atoms with Gasteiger partial charge in [0.1, 0.15) is 12.6 Å². The van der Waals surface area contributed by atoms with Gasteiger partial charge < -0.3 is 24.8 Å². The molecule has 0 unspecified atom stereocenters. The molecule has 1 fully saturated rings. The van der Waals surface area contributed by atoms with Crippen LogP contribution in [0.5, 0.6) is 11.5 Å². The van der Waals surface area contributed by atoms with E-state index in [0.717, 1.165) is 30.6 Å². The first-order chi connectivity index (χ1) is 17.5. The number of ether oxygens (including phenoxy) is 2. The molecule has 1 aliphatic rings. The quantitative estimate of drug-likeness (QED) is 0.397. The molecule has 0 radical (unpaired) electrons. The summed E-state index contributed by atoms with van der Waals surface area (Å²) < 4.78 is 10.6. The number of aliphatic hydroxyl groups excluding tert-OH is 1. The fourth-order valence-electron chi connectivity index (χ4n) is 4.34. The number of rotatable bonds is 11. The smallest absolute Gasteiger partial charge is 0.248 e. The summed E-state index contributed by atoms with van der Waals surface area (Å²) in [6.07, 6.45) is 4.01. The van der Waals surface area contributed by atoms with Crippen molar-refractivity contribution in [2.45, 2.75) is 44.3 Å². The van der Waals surface area contributed by atoms with E-state index in [9.17, 15) is 14.7 Å². The maximum absolute atomic E-state index is 13.4. The van der Waals surface area contributed by atoms with E-state index in [2.05, 4.69) is 20.7 Å². The summed E-state index contributed by atoms with van der Waals surface area (Å²) in [5, 5.41) is 27.1. The Hall–Kier alpha value is -3.51. The van der Waals surface area contributed by atoms with Crippen molar-refractivity contribution in [3.05, 3.63) is 40.6 Å². The molecule has 3 aromatic rings. The van der Waals surface area contributed by atoms with E-state index >= 15 is 0 Å². The number of nitrogens with zero attached hydrogens (tertiary/aromatic N) is 5. The van der Waals surface area contributed by atoms with Gasteiger partial charge in [-0.1, -0.05) is 18.9 Å². The summed E-state index contributed by atoms with van der Waals surface area (Å²) in [7, 11) is 3.08. The van der Waals surface area contributed by atoms with Crippen LogP contribution < -0.4 is 14.8 Å². The average Bonchev–Trinajstić information content (AvgIpc) is 3.67. The van der Waals surface area contributed by atoms with Crippen molar-refractivity contribution in [1.29, 1.82) is 0 Å². The van der Waals surface area contributed by atoms with Gasteiger partial charge in [-0.15, -0.1) is 21.5 Å². The fraction of sp³-hybridized carbons (Fsp3) is 0.458. The van der Waals surface area contributed by atoms with Crippen molar-refractivity contribution >= 4 is 23.2 Å². The molecular weight excluding hydrogens is 484 g/mol. The third-order valence-corrected chi connectivity index (χ3v) is 7.03. The molecule has 1 saturated carbocycles. The maximum Gasteiger partial charge on any atom is 0.248 e. The van der Waals surface area contributed by atoms with Gasteiger partial charge in [-0.25, -0.2) is 0 Å². The second-order valence-electron chi connectivity index (χ2n) is 8.43. The molecule has 0 saturated heterocycles. The number of aromatic nitrogens is 4. The Morgan fingerprint density at radius 1 is 1.22 bits per heavy atom. The average molecular weight is 515 g/mol. The Morgan fingerprint density at radius 3 is 2.67 bits per heavy atom. The molecule has 36 heavy (non-hydrogen) atoms. The molecule has 0 spiro atoms. The SMILES string of the molecule is COc1ccc(-c2nnn(CC(=O)N(CCO)[C@H](C(=O)NC3CCCC3)c3cccs3)n2)cc1OC. The molecule has 0 aliphatic heterocycles. The zero-order chi connectivity index (χ0) is 25.5. The first-order valence-electron chi connectivity index (χ1n) is 11.8. The Kier molecular flexibility index (Phi) is 8.49. The molecule has 4 rings (SSSR count). The van der Waals surface area contributed by atoms with Crippen LogP contribution in [0.2, 0.25) is 0 Å². The van der Waals surface area contributed by atoms with E-state index in [-0.39, 0.29) is 31.6 Å². The molecule has 2 amide bonds. The normalized spacial score (nSPS) is 14.4. The van der Waals surface area contributed by atoms with Gasteiger partial charge in [0.05, 0.1) is 20.8 Å². The summed E-state index contributed by atoms with van der Waals surface area (Å²) in [5.41, 5.74) is 0.644. The number of hydrogen-bond acceptors (Lipinski definition) is 9. The van der Waals surface area contributed by atoms with E-state index < -0.39 is 11.9 Å². The highest BCUT2D eigenvalue weighted by Crippen LogP contribution is 2.31. The number of carbonyl (C=O) groups is 2. The number of hydrogen-bond donors (Lipinski definition) is 2. The Bertz CT molecular complexity index is 1160. The highest BCUT2D eigenvalue weighted by Gasteiger charge is 2.34. The van der Waals surface area contributed by atoms with E-state index in [1.54, 1.807) is 25.3 Å². The number of amides is 2. The minimum absolute atomic E-state index is 0.00325. The summed E-state index contributed by atoms with van der Waals surface area (Å²) in [6, 6.07) is 8.14. The third-order valence-electron chi connectivity index (χ3n) is 6.11. The predicted octanol–water partition coefficient (Wildman–Crippen LogP) is 2.04. The minimum Gasteiger partial charge on any atom is -0.493 e. The van der Waals surface area contributed by atoms with Crippen LogP contribution >= 0.6 is 11.3 Å². The first-order valence-corrected chi connectivity index (χ1v) is 12.7. The molecule has 192 valence electrons. The van der Waals surface area contributed by atoms with Gasteiger partial charge in [-0.05, 0) is 47.7 Å². The number of benzene rings is 1. The maximum atomic E-state index is 13.4. The van der Waals surface area contributed by atoms with Crippen LogP contribution in [0, 0.1) is 0 Å². The second kappa shape index (κ2) is 12.0. The monoisotopic (exact) mass is 514 g/mol. The molecular formula is C24H30N6O5S. The van der Waals surface area contributed by atoms with Crippen molar-refractivity contribution in [3.8, 4) is 22.9 Å². The van der Waals surface area contributed by atoms with Gasteiger partial charge in [0, 0.05) is 23.0 Å². The second-order valence-corrected chi connectivity index (χ2v) is 9.41. The molecule has 2 heterocycles. The number of nitrogens with one attached hydrogen (secondary N) is 1. The van der Waals surface area contributed by atoms with Crippen LogP contribution in [-0.4, -0.2) is 75.4 Å². The number of tetrazole rings is 1. The molecule has 1 aliphatic carbocycles. The Labute approximate surface area is 213 Å². The molecule has 11 nitrogen and oxygen atoms in total. The van der Waals surface area contributed by atoms with Crippen LogP contribution in [0.3, 0.4) is 0 Å². The van der Waals surface area contributed by atoms with Gasteiger partial charge in [0.15, 0.2) is 11.5 Å². The number of methoxy groups -OCH3 is 2. The van der Waals surface area contributed by atoms with Crippen molar-refractivity contribution < 1.29 is 24.2 Å². The third kappa shape index (κ3) is 5.82. The van der Waals surface area contributed by atoms with Gasteiger partial charge in [-0.3, -0.25) is 9.59 Å². The van der Waals surface area contributed by atoms with Crippen molar-refractivity contribution in [1.82, 2.24) is 30.4 Å².